The van der Waals surface area contributed by atoms with Crippen molar-refractivity contribution in [2.45, 2.75) is 52.4 Å². The molecule has 1 rings (SSSR count). The predicted molar refractivity (Wildman–Crippen MR) is 51.0 cm³/mol. The third-order valence-corrected chi connectivity index (χ3v) is 2.79. The SMILES string of the molecule is CCCC[C@@H]1CC(=O)C[C@@H](C)C1. The van der Waals surface area contributed by atoms with Crippen molar-refractivity contribution in [1.29, 1.82) is 0 Å². The van der Waals surface area contributed by atoms with Gasteiger partial charge in [0.15, 0.2) is 0 Å². The fraction of sp³-hybridized carbons (Fsp3) is 0.909. The molecule has 1 saturated carbocycles. The van der Waals surface area contributed by atoms with Crippen LogP contribution in [0.3, 0.4) is 0 Å². The van der Waals surface area contributed by atoms with Gasteiger partial charge in [-0.2, -0.15) is 0 Å². The van der Waals surface area contributed by atoms with Gasteiger partial charge in [0.05, 0.1) is 0 Å². The lowest BCUT2D eigenvalue weighted by atomic mass is 9.79. The van der Waals surface area contributed by atoms with Gasteiger partial charge in [0.1, 0.15) is 5.78 Å². The molecule has 0 amide bonds. The van der Waals surface area contributed by atoms with Gasteiger partial charge in [-0.25, -0.2) is 0 Å². The highest BCUT2D eigenvalue weighted by Gasteiger charge is 2.23. The summed E-state index contributed by atoms with van der Waals surface area (Å²) in [5.41, 5.74) is 0. The minimum absolute atomic E-state index is 0.495. The summed E-state index contributed by atoms with van der Waals surface area (Å²) in [6, 6.07) is 0. The van der Waals surface area contributed by atoms with E-state index in [1.807, 2.05) is 0 Å². The topological polar surface area (TPSA) is 17.1 Å². The van der Waals surface area contributed by atoms with Crippen LogP contribution in [-0.4, -0.2) is 5.78 Å². The Balaban J connectivity index is 2.29. The van der Waals surface area contributed by atoms with Crippen LogP contribution in [-0.2, 0) is 4.79 Å². The molecule has 0 aromatic rings. The molecule has 0 aromatic heterocycles. The zero-order valence-electron chi connectivity index (χ0n) is 8.31. The second-order valence-electron chi connectivity index (χ2n) is 4.30. The molecule has 0 aliphatic heterocycles. The summed E-state index contributed by atoms with van der Waals surface area (Å²) < 4.78 is 0. The zero-order valence-corrected chi connectivity index (χ0v) is 8.31. The fourth-order valence-corrected chi connectivity index (χ4v) is 2.24. The standard InChI is InChI=1S/C11H20O/c1-3-4-5-10-6-9(2)7-11(12)8-10/h9-10H,3-8H2,1-2H3/t9-,10-/m0/s1. The number of hydrogen-bond acceptors (Lipinski definition) is 1. The van der Waals surface area contributed by atoms with Gasteiger partial charge in [0.25, 0.3) is 0 Å². The van der Waals surface area contributed by atoms with Gasteiger partial charge in [0.2, 0.25) is 0 Å². The lowest BCUT2D eigenvalue weighted by molar-refractivity contribution is -0.122. The van der Waals surface area contributed by atoms with E-state index in [9.17, 15) is 4.79 Å². The van der Waals surface area contributed by atoms with E-state index in [1.165, 1.54) is 25.7 Å². The molecule has 1 aliphatic carbocycles. The molecular weight excluding hydrogens is 148 g/mol. The molecule has 1 aliphatic rings. The van der Waals surface area contributed by atoms with Crippen LogP contribution in [0.25, 0.3) is 0 Å². The minimum atomic E-state index is 0.495. The van der Waals surface area contributed by atoms with Crippen LogP contribution in [0.15, 0.2) is 0 Å². The number of carbonyl (C=O) groups is 1. The van der Waals surface area contributed by atoms with Crippen molar-refractivity contribution in [3.05, 3.63) is 0 Å². The van der Waals surface area contributed by atoms with E-state index in [1.54, 1.807) is 0 Å². The Morgan fingerprint density at radius 3 is 2.75 bits per heavy atom. The largest absolute Gasteiger partial charge is 0.300 e. The van der Waals surface area contributed by atoms with Crippen molar-refractivity contribution < 1.29 is 4.79 Å². The summed E-state index contributed by atoms with van der Waals surface area (Å²) in [5.74, 6) is 1.85. The van der Waals surface area contributed by atoms with Gasteiger partial charge in [-0.1, -0.05) is 33.1 Å². The zero-order chi connectivity index (χ0) is 8.97. The Morgan fingerprint density at radius 1 is 1.42 bits per heavy atom. The van der Waals surface area contributed by atoms with Crippen molar-refractivity contribution >= 4 is 5.78 Å². The van der Waals surface area contributed by atoms with Crippen LogP contribution in [0, 0.1) is 11.8 Å². The molecule has 0 radical (unpaired) electrons. The van der Waals surface area contributed by atoms with Gasteiger partial charge in [0, 0.05) is 12.8 Å². The Morgan fingerprint density at radius 2 is 2.17 bits per heavy atom. The predicted octanol–water partition coefficient (Wildman–Crippen LogP) is 3.18. The second kappa shape index (κ2) is 4.64. The van der Waals surface area contributed by atoms with Crippen molar-refractivity contribution in [3.63, 3.8) is 0 Å². The van der Waals surface area contributed by atoms with Gasteiger partial charge in [-0.3, -0.25) is 4.79 Å². The maximum Gasteiger partial charge on any atom is 0.133 e. The molecule has 0 N–H and O–H groups in total. The summed E-state index contributed by atoms with van der Waals surface area (Å²) >= 11 is 0. The number of rotatable bonds is 3. The molecule has 2 atom stereocenters. The quantitative estimate of drug-likeness (QED) is 0.632. The fourth-order valence-electron chi connectivity index (χ4n) is 2.24. The summed E-state index contributed by atoms with van der Waals surface area (Å²) in [6.45, 7) is 4.42. The van der Waals surface area contributed by atoms with Crippen LogP contribution >= 0.6 is 0 Å². The third-order valence-electron chi connectivity index (χ3n) is 2.79. The average Bonchev–Trinajstić information content (AvgIpc) is 1.99. The van der Waals surface area contributed by atoms with Gasteiger partial charge >= 0.3 is 0 Å². The Kier molecular flexibility index (Phi) is 3.77. The molecule has 70 valence electrons. The highest BCUT2D eigenvalue weighted by molar-refractivity contribution is 5.79. The molecule has 1 nitrogen and oxygen atoms in total. The number of Topliss-reactive ketones (excluding diaryl/α,β-unsaturated/α-hetero) is 1. The molecule has 1 heteroatoms. The first-order valence-corrected chi connectivity index (χ1v) is 5.24. The maximum atomic E-state index is 11.2. The van der Waals surface area contributed by atoms with Crippen LogP contribution in [0.2, 0.25) is 0 Å². The molecule has 0 bridgehead atoms. The monoisotopic (exact) mass is 168 g/mol. The summed E-state index contributed by atoms with van der Waals surface area (Å²) in [4.78, 5) is 11.2. The van der Waals surface area contributed by atoms with E-state index in [0.29, 0.717) is 17.6 Å². The lowest BCUT2D eigenvalue weighted by Gasteiger charge is -2.25. The van der Waals surface area contributed by atoms with E-state index < -0.39 is 0 Å². The highest BCUT2D eigenvalue weighted by Crippen LogP contribution is 2.29. The number of ketones is 1. The maximum absolute atomic E-state index is 11.2. The third kappa shape index (κ3) is 2.96. The summed E-state index contributed by atoms with van der Waals surface area (Å²) in [5, 5.41) is 0. The van der Waals surface area contributed by atoms with Crippen LogP contribution in [0.5, 0.6) is 0 Å². The highest BCUT2D eigenvalue weighted by atomic mass is 16.1. The van der Waals surface area contributed by atoms with Crippen molar-refractivity contribution in [2.24, 2.45) is 11.8 Å². The first-order valence-electron chi connectivity index (χ1n) is 5.24. The molecule has 0 saturated heterocycles. The molecular formula is C11H20O. The van der Waals surface area contributed by atoms with E-state index in [2.05, 4.69) is 13.8 Å². The average molecular weight is 168 g/mol. The van der Waals surface area contributed by atoms with Crippen LogP contribution < -0.4 is 0 Å². The van der Waals surface area contributed by atoms with Crippen molar-refractivity contribution in [2.75, 3.05) is 0 Å². The van der Waals surface area contributed by atoms with E-state index >= 15 is 0 Å². The number of carbonyl (C=O) groups excluding carboxylic acids is 1. The van der Waals surface area contributed by atoms with Crippen molar-refractivity contribution in [3.8, 4) is 0 Å². The van der Waals surface area contributed by atoms with E-state index in [-0.39, 0.29) is 0 Å². The van der Waals surface area contributed by atoms with E-state index in [4.69, 9.17) is 0 Å². The van der Waals surface area contributed by atoms with Crippen LogP contribution in [0.1, 0.15) is 52.4 Å². The normalized spacial score (nSPS) is 30.7. The number of hydrogen-bond donors (Lipinski definition) is 0. The smallest absolute Gasteiger partial charge is 0.133 e. The molecule has 0 aromatic carbocycles. The minimum Gasteiger partial charge on any atom is -0.300 e. The molecule has 0 heterocycles. The van der Waals surface area contributed by atoms with Crippen LogP contribution in [0.4, 0.5) is 0 Å². The molecule has 1 fully saturated rings. The molecule has 0 spiro atoms. The van der Waals surface area contributed by atoms with E-state index in [0.717, 1.165) is 12.8 Å². The second-order valence-corrected chi connectivity index (χ2v) is 4.30. The van der Waals surface area contributed by atoms with Gasteiger partial charge in [-0.05, 0) is 18.3 Å². The lowest BCUT2D eigenvalue weighted by Crippen LogP contribution is -2.20. The van der Waals surface area contributed by atoms with Gasteiger partial charge in [-0.15, -0.1) is 0 Å². The summed E-state index contributed by atoms with van der Waals surface area (Å²) in [6.07, 6.45) is 6.81. The molecule has 12 heavy (non-hydrogen) atoms. The Bertz CT molecular complexity index is 151. The first-order chi connectivity index (χ1) is 5.72. The van der Waals surface area contributed by atoms with Crippen molar-refractivity contribution in [1.82, 2.24) is 0 Å². The number of unbranched alkanes of at least 4 members (excludes halogenated alkanes) is 1. The summed E-state index contributed by atoms with van der Waals surface area (Å²) in [7, 11) is 0. The molecule has 0 unspecified atom stereocenters. The van der Waals surface area contributed by atoms with Gasteiger partial charge < -0.3 is 0 Å². The first kappa shape index (κ1) is 9.76. The Labute approximate surface area is 75.5 Å². The Hall–Kier alpha value is -0.330.